The van der Waals surface area contributed by atoms with Gasteiger partial charge < -0.3 is 10.1 Å². The molecule has 2 amide bonds. The standard InChI is InChI=1S/C19H18ClN5O2/c1-12-5-6-13(27-11-17-14(20)4-3-7-21-17)8-18(12)25-10-16-15(22-19(25)26)9-24(2)23-16/h3-9H,10-11H2,1-2H3,(H,22,26). The lowest BCUT2D eigenvalue weighted by atomic mass is 10.1. The van der Waals surface area contributed by atoms with Gasteiger partial charge in [0, 0.05) is 25.5 Å². The van der Waals surface area contributed by atoms with Crippen LogP contribution in [-0.2, 0) is 20.2 Å². The molecule has 0 radical (unpaired) electrons. The summed E-state index contributed by atoms with van der Waals surface area (Å²) in [4.78, 5) is 18.4. The number of aryl methyl sites for hydroxylation is 2. The van der Waals surface area contributed by atoms with Gasteiger partial charge in [-0.25, -0.2) is 4.79 Å². The number of nitrogens with one attached hydrogen (secondary N) is 1. The van der Waals surface area contributed by atoms with Gasteiger partial charge >= 0.3 is 6.03 Å². The average Bonchev–Trinajstić information content (AvgIpc) is 3.00. The molecule has 1 aliphatic rings. The molecule has 3 heterocycles. The van der Waals surface area contributed by atoms with Crippen LogP contribution in [0.25, 0.3) is 0 Å². The molecule has 1 aromatic carbocycles. The second-order valence-corrected chi connectivity index (χ2v) is 6.76. The van der Waals surface area contributed by atoms with Crippen molar-refractivity contribution in [3.63, 3.8) is 0 Å². The minimum atomic E-state index is -0.191. The Morgan fingerprint density at radius 1 is 1.33 bits per heavy atom. The number of nitrogens with zero attached hydrogens (tertiary/aromatic N) is 4. The van der Waals surface area contributed by atoms with Crippen LogP contribution in [0.3, 0.4) is 0 Å². The van der Waals surface area contributed by atoms with Crippen LogP contribution in [0.1, 0.15) is 17.0 Å². The number of pyridine rings is 1. The number of anilines is 2. The van der Waals surface area contributed by atoms with Gasteiger partial charge in [0.25, 0.3) is 0 Å². The number of rotatable bonds is 4. The largest absolute Gasteiger partial charge is 0.487 e. The first kappa shape index (κ1) is 17.4. The molecule has 138 valence electrons. The molecule has 0 fully saturated rings. The van der Waals surface area contributed by atoms with E-state index in [0.717, 1.165) is 22.6 Å². The third kappa shape index (κ3) is 3.46. The molecule has 7 nitrogen and oxygen atoms in total. The van der Waals surface area contributed by atoms with Gasteiger partial charge in [-0.2, -0.15) is 5.10 Å². The smallest absolute Gasteiger partial charge is 0.326 e. The maximum absolute atomic E-state index is 12.6. The van der Waals surface area contributed by atoms with Crippen molar-refractivity contribution in [1.82, 2.24) is 14.8 Å². The maximum Gasteiger partial charge on any atom is 0.326 e. The van der Waals surface area contributed by atoms with E-state index in [9.17, 15) is 4.79 Å². The highest BCUT2D eigenvalue weighted by molar-refractivity contribution is 6.31. The quantitative estimate of drug-likeness (QED) is 0.741. The fourth-order valence-corrected chi connectivity index (χ4v) is 3.18. The molecular weight excluding hydrogens is 366 g/mol. The molecule has 0 aliphatic carbocycles. The van der Waals surface area contributed by atoms with Crippen LogP contribution < -0.4 is 15.0 Å². The predicted molar refractivity (Wildman–Crippen MR) is 103 cm³/mol. The molecule has 0 spiro atoms. The molecule has 4 rings (SSSR count). The molecule has 0 unspecified atom stereocenters. The Balaban J connectivity index is 1.57. The molecule has 3 aromatic rings. The normalized spacial score (nSPS) is 13.3. The molecule has 27 heavy (non-hydrogen) atoms. The summed E-state index contributed by atoms with van der Waals surface area (Å²) >= 11 is 6.13. The summed E-state index contributed by atoms with van der Waals surface area (Å²) in [5.74, 6) is 0.636. The zero-order valence-electron chi connectivity index (χ0n) is 14.9. The van der Waals surface area contributed by atoms with Gasteiger partial charge in [-0.15, -0.1) is 0 Å². The number of halogens is 1. The van der Waals surface area contributed by atoms with Gasteiger partial charge in [0.2, 0.25) is 0 Å². The Labute approximate surface area is 161 Å². The topological polar surface area (TPSA) is 72.3 Å². The van der Waals surface area contributed by atoms with Crippen LogP contribution in [0.5, 0.6) is 5.75 Å². The highest BCUT2D eigenvalue weighted by Gasteiger charge is 2.27. The van der Waals surface area contributed by atoms with E-state index in [0.29, 0.717) is 23.0 Å². The SMILES string of the molecule is Cc1ccc(OCc2ncccc2Cl)cc1N1Cc2nn(C)cc2NC1=O. The lowest BCUT2D eigenvalue weighted by Crippen LogP contribution is -2.38. The lowest BCUT2D eigenvalue weighted by molar-refractivity contribution is 0.256. The summed E-state index contributed by atoms with van der Waals surface area (Å²) < 4.78 is 7.54. The zero-order chi connectivity index (χ0) is 19.0. The number of carbonyl (C=O) groups excluding carboxylic acids is 1. The molecule has 8 heteroatoms. The van der Waals surface area contributed by atoms with E-state index in [2.05, 4.69) is 15.4 Å². The van der Waals surface area contributed by atoms with Crippen molar-refractivity contribution in [1.29, 1.82) is 0 Å². The van der Waals surface area contributed by atoms with Gasteiger partial charge in [0.1, 0.15) is 18.1 Å². The molecule has 0 bridgehead atoms. The van der Waals surface area contributed by atoms with Gasteiger partial charge in [-0.05, 0) is 30.7 Å². The summed E-state index contributed by atoms with van der Waals surface area (Å²) in [7, 11) is 1.83. The first-order valence-electron chi connectivity index (χ1n) is 8.45. The summed E-state index contributed by atoms with van der Waals surface area (Å²) in [5.41, 5.74) is 3.97. The van der Waals surface area contributed by atoms with Gasteiger partial charge in [0.15, 0.2) is 0 Å². The van der Waals surface area contributed by atoms with Crippen molar-refractivity contribution in [3.8, 4) is 5.75 Å². The molecule has 0 atom stereocenters. The summed E-state index contributed by atoms with van der Waals surface area (Å²) in [5, 5.41) is 7.84. The highest BCUT2D eigenvalue weighted by Crippen LogP contribution is 2.31. The minimum Gasteiger partial charge on any atom is -0.487 e. The predicted octanol–water partition coefficient (Wildman–Crippen LogP) is 3.91. The molecule has 2 aromatic heterocycles. The molecule has 0 saturated heterocycles. The molecule has 1 N–H and O–H groups in total. The van der Waals surface area contributed by atoms with Crippen LogP contribution in [0, 0.1) is 6.92 Å². The summed E-state index contributed by atoms with van der Waals surface area (Å²) in [6.45, 7) is 2.60. The van der Waals surface area contributed by atoms with E-state index >= 15 is 0 Å². The van der Waals surface area contributed by atoms with Crippen LogP contribution in [-0.4, -0.2) is 20.8 Å². The van der Waals surface area contributed by atoms with Crippen LogP contribution in [0.15, 0.2) is 42.7 Å². The van der Waals surface area contributed by atoms with Crippen molar-refractivity contribution in [3.05, 3.63) is 64.7 Å². The third-order valence-electron chi connectivity index (χ3n) is 4.38. The second-order valence-electron chi connectivity index (χ2n) is 6.35. The van der Waals surface area contributed by atoms with Crippen molar-refractivity contribution in [2.24, 2.45) is 7.05 Å². The monoisotopic (exact) mass is 383 g/mol. The first-order chi connectivity index (χ1) is 13.0. The third-order valence-corrected chi connectivity index (χ3v) is 4.73. The number of carbonyl (C=O) groups is 1. The fourth-order valence-electron chi connectivity index (χ4n) is 3.00. The van der Waals surface area contributed by atoms with E-state index in [1.807, 2.05) is 32.2 Å². The Morgan fingerprint density at radius 3 is 3.00 bits per heavy atom. The van der Waals surface area contributed by atoms with Crippen molar-refractivity contribution in [2.45, 2.75) is 20.1 Å². The Morgan fingerprint density at radius 2 is 2.19 bits per heavy atom. The Hall–Kier alpha value is -3.06. The molecule has 0 saturated carbocycles. The van der Waals surface area contributed by atoms with E-state index < -0.39 is 0 Å². The Kier molecular flexibility index (Phi) is 4.45. The molecule has 1 aliphatic heterocycles. The number of ether oxygens (including phenoxy) is 1. The van der Waals surface area contributed by atoms with Crippen molar-refractivity contribution >= 4 is 29.0 Å². The van der Waals surface area contributed by atoms with E-state index in [1.54, 1.807) is 34.1 Å². The van der Waals surface area contributed by atoms with Crippen LogP contribution in [0.2, 0.25) is 5.02 Å². The number of hydrogen-bond acceptors (Lipinski definition) is 4. The highest BCUT2D eigenvalue weighted by atomic mass is 35.5. The summed E-state index contributed by atoms with van der Waals surface area (Å²) in [6, 6.07) is 8.99. The van der Waals surface area contributed by atoms with Gasteiger partial charge in [0.05, 0.1) is 28.6 Å². The number of benzene rings is 1. The fraction of sp³-hybridized carbons (Fsp3) is 0.211. The van der Waals surface area contributed by atoms with Gasteiger partial charge in [-0.1, -0.05) is 17.7 Å². The van der Waals surface area contributed by atoms with Crippen molar-refractivity contribution in [2.75, 3.05) is 10.2 Å². The molecular formula is C19H18ClN5O2. The zero-order valence-corrected chi connectivity index (χ0v) is 15.7. The van der Waals surface area contributed by atoms with E-state index in [1.165, 1.54) is 0 Å². The Bertz CT molecular complexity index is 1020. The minimum absolute atomic E-state index is 0.191. The number of fused-ring (bicyclic) bond motifs is 1. The van der Waals surface area contributed by atoms with Crippen molar-refractivity contribution < 1.29 is 9.53 Å². The van der Waals surface area contributed by atoms with Crippen LogP contribution in [0.4, 0.5) is 16.2 Å². The lowest BCUT2D eigenvalue weighted by Gasteiger charge is -2.28. The second kappa shape index (κ2) is 6.92. The maximum atomic E-state index is 12.6. The average molecular weight is 384 g/mol. The number of amides is 2. The van der Waals surface area contributed by atoms with E-state index in [4.69, 9.17) is 16.3 Å². The van der Waals surface area contributed by atoms with Crippen LogP contribution >= 0.6 is 11.6 Å². The van der Waals surface area contributed by atoms with Gasteiger partial charge in [-0.3, -0.25) is 14.6 Å². The first-order valence-corrected chi connectivity index (χ1v) is 8.83. The summed E-state index contributed by atoms with van der Waals surface area (Å²) in [6.07, 6.45) is 3.47. The number of urea groups is 1. The number of hydrogen-bond donors (Lipinski definition) is 1. The number of aromatic nitrogens is 3. The van der Waals surface area contributed by atoms with E-state index in [-0.39, 0.29) is 12.6 Å².